The van der Waals surface area contributed by atoms with Gasteiger partial charge in [-0.1, -0.05) is 12.6 Å². The van der Waals surface area contributed by atoms with Gasteiger partial charge >= 0.3 is 0 Å². The lowest BCUT2D eigenvalue weighted by atomic mass is 10.1. The third-order valence-corrected chi connectivity index (χ3v) is 2.26. The predicted octanol–water partition coefficient (Wildman–Crippen LogP) is 2.73. The lowest BCUT2D eigenvalue weighted by molar-refractivity contribution is -0.112. The van der Waals surface area contributed by atoms with Crippen LogP contribution in [0.25, 0.3) is 0 Å². The second-order valence-electron chi connectivity index (χ2n) is 5.52. The van der Waals surface area contributed by atoms with Crippen molar-refractivity contribution in [2.45, 2.75) is 33.2 Å². The molecule has 2 amide bonds. The van der Waals surface area contributed by atoms with Gasteiger partial charge in [-0.3, -0.25) is 9.59 Å². The molecule has 0 aliphatic rings. The van der Waals surface area contributed by atoms with E-state index in [2.05, 4.69) is 17.2 Å². The minimum absolute atomic E-state index is 0.168. The Balaban J connectivity index is 2.85. The maximum atomic E-state index is 12.0. The van der Waals surface area contributed by atoms with Gasteiger partial charge in [0.05, 0.1) is 0 Å². The first-order valence-electron chi connectivity index (χ1n) is 6.08. The zero-order valence-corrected chi connectivity index (χ0v) is 11.8. The van der Waals surface area contributed by atoms with Crippen LogP contribution in [0.15, 0.2) is 36.4 Å². The highest BCUT2D eigenvalue weighted by Crippen LogP contribution is 2.12. The van der Waals surface area contributed by atoms with Crippen molar-refractivity contribution in [3.63, 3.8) is 0 Å². The highest BCUT2D eigenvalue weighted by molar-refractivity contribution is 6.03. The van der Waals surface area contributed by atoms with E-state index in [0.717, 1.165) is 0 Å². The Labute approximate surface area is 113 Å². The number of hydrogen-bond donors (Lipinski definition) is 2. The molecule has 0 saturated carbocycles. The third kappa shape index (κ3) is 4.95. The van der Waals surface area contributed by atoms with Crippen molar-refractivity contribution < 1.29 is 9.59 Å². The second kappa shape index (κ2) is 5.69. The van der Waals surface area contributed by atoms with Gasteiger partial charge in [0.1, 0.15) is 0 Å². The molecule has 102 valence electrons. The quantitative estimate of drug-likeness (QED) is 0.821. The van der Waals surface area contributed by atoms with Crippen LogP contribution in [0.5, 0.6) is 0 Å². The molecular weight excluding hydrogens is 240 g/mol. The first-order chi connectivity index (χ1) is 8.69. The highest BCUT2D eigenvalue weighted by atomic mass is 16.2. The van der Waals surface area contributed by atoms with E-state index in [-0.39, 0.29) is 17.4 Å². The van der Waals surface area contributed by atoms with E-state index < -0.39 is 0 Å². The number of carbonyl (C=O) groups excluding carboxylic acids is 2. The monoisotopic (exact) mass is 260 g/mol. The molecule has 0 spiro atoms. The number of nitrogens with one attached hydrogen (secondary N) is 2. The van der Waals surface area contributed by atoms with Crippen molar-refractivity contribution in [2.75, 3.05) is 5.32 Å². The van der Waals surface area contributed by atoms with Crippen LogP contribution in [0.1, 0.15) is 38.1 Å². The molecule has 4 heteroatoms. The SMILES string of the molecule is C=C(C)C(=O)Nc1cccc(C(=O)NC(C)(C)C)c1. The fourth-order valence-corrected chi connectivity index (χ4v) is 1.39. The van der Waals surface area contributed by atoms with Crippen molar-refractivity contribution in [2.24, 2.45) is 0 Å². The number of rotatable bonds is 3. The molecule has 0 aromatic heterocycles. The molecule has 0 heterocycles. The smallest absolute Gasteiger partial charge is 0.251 e. The summed E-state index contributed by atoms with van der Waals surface area (Å²) in [6, 6.07) is 6.81. The van der Waals surface area contributed by atoms with E-state index >= 15 is 0 Å². The van der Waals surface area contributed by atoms with E-state index in [1.54, 1.807) is 31.2 Å². The van der Waals surface area contributed by atoms with Gasteiger partial charge in [0.15, 0.2) is 0 Å². The Morgan fingerprint density at radius 3 is 2.37 bits per heavy atom. The minimum Gasteiger partial charge on any atom is -0.347 e. The normalized spacial score (nSPS) is 10.7. The molecule has 0 aliphatic carbocycles. The lowest BCUT2D eigenvalue weighted by Crippen LogP contribution is -2.40. The maximum Gasteiger partial charge on any atom is 0.251 e. The van der Waals surface area contributed by atoms with E-state index in [1.165, 1.54) is 0 Å². The average molecular weight is 260 g/mol. The molecule has 0 atom stereocenters. The topological polar surface area (TPSA) is 58.2 Å². The molecule has 4 nitrogen and oxygen atoms in total. The molecule has 1 aromatic rings. The molecule has 2 N–H and O–H groups in total. The van der Waals surface area contributed by atoms with Gasteiger partial charge in [-0.2, -0.15) is 0 Å². The van der Waals surface area contributed by atoms with Gasteiger partial charge < -0.3 is 10.6 Å². The van der Waals surface area contributed by atoms with Crippen LogP contribution in [0.3, 0.4) is 0 Å². The van der Waals surface area contributed by atoms with Crippen LogP contribution in [-0.4, -0.2) is 17.4 Å². The Kier molecular flexibility index (Phi) is 4.48. The number of benzene rings is 1. The molecule has 0 unspecified atom stereocenters. The lowest BCUT2D eigenvalue weighted by Gasteiger charge is -2.20. The zero-order valence-electron chi connectivity index (χ0n) is 11.8. The van der Waals surface area contributed by atoms with Gasteiger partial charge in [0, 0.05) is 22.4 Å². The highest BCUT2D eigenvalue weighted by Gasteiger charge is 2.15. The summed E-state index contributed by atoms with van der Waals surface area (Å²) in [5.74, 6) is -0.424. The Hall–Kier alpha value is -2.10. The van der Waals surface area contributed by atoms with E-state index in [4.69, 9.17) is 0 Å². The Morgan fingerprint density at radius 1 is 1.21 bits per heavy atom. The molecule has 0 saturated heterocycles. The fraction of sp³-hybridized carbons (Fsp3) is 0.333. The van der Waals surface area contributed by atoms with Crippen LogP contribution in [0, 0.1) is 0 Å². The van der Waals surface area contributed by atoms with Crippen LogP contribution >= 0.6 is 0 Å². The van der Waals surface area contributed by atoms with Crippen molar-refractivity contribution >= 4 is 17.5 Å². The number of hydrogen-bond acceptors (Lipinski definition) is 2. The molecule has 1 rings (SSSR count). The maximum absolute atomic E-state index is 12.0. The van der Waals surface area contributed by atoms with Crippen LogP contribution in [-0.2, 0) is 4.79 Å². The predicted molar refractivity (Wildman–Crippen MR) is 77.1 cm³/mol. The zero-order chi connectivity index (χ0) is 14.6. The Morgan fingerprint density at radius 2 is 1.84 bits per heavy atom. The molecule has 19 heavy (non-hydrogen) atoms. The van der Waals surface area contributed by atoms with Gasteiger partial charge in [0.2, 0.25) is 0 Å². The van der Waals surface area contributed by atoms with Gasteiger partial charge in [-0.25, -0.2) is 0 Å². The van der Waals surface area contributed by atoms with Gasteiger partial charge in [-0.05, 0) is 45.9 Å². The summed E-state index contributed by atoms with van der Waals surface area (Å²) in [7, 11) is 0. The summed E-state index contributed by atoms with van der Waals surface area (Å²) in [5, 5.41) is 5.55. The van der Waals surface area contributed by atoms with E-state index in [0.29, 0.717) is 16.8 Å². The molecule has 0 radical (unpaired) electrons. The molecule has 0 bridgehead atoms. The summed E-state index contributed by atoms with van der Waals surface area (Å²) in [4.78, 5) is 23.5. The Bertz CT molecular complexity index is 513. The van der Waals surface area contributed by atoms with E-state index in [9.17, 15) is 9.59 Å². The first kappa shape index (κ1) is 15.0. The van der Waals surface area contributed by atoms with Gasteiger partial charge in [-0.15, -0.1) is 0 Å². The molecule has 0 fully saturated rings. The number of amides is 2. The number of carbonyl (C=O) groups is 2. The summed E-state index contributed by atoms with van der Waals surface area (Å²) >= 11 is 0. The van der Waals surface area contributed by atoms with Crippen molar-refractivity contribution in [1.82, 2.24) is 5.32 Å². The summed E-state index contributed by atoms with van der Waals surface area (Å²) < 4.78 is 0. The second-order valence-corrected chi connectivity index (χ2v) is 5.52. The van der Waals surface area contributed by atoms with Crippen molar-refractivity contribution in [3.05, 3.63) is 42.0 Å². The van der Waals surface area contributed by atoms with Crippen molar-refractivity contribution in [1.29, 1.82) is 0 Å². The minimum atomic E-state index is -0.298. The first-order valence-corrected chi connectivity index (χ1v) is 6.08. The third-order valence-electron chi connectivity index (χ3n) is 2.26. The largest absolute Gasteiger partial charge is 0.347 e. The summed E-state index contributed by atoms with van der Waals surface area (Å²) in [6.07, 6.45) is 0. The molecular formula is C15H20N2O2. The average Bonchev–Trinajstić information content (AvgIpc) is 2.27. The van der Waals surface area contributed by atoms with Crippen LogP contribution in [0.4, 0.5) is 5.69 Å². The van der Waals surface area contributed by atoms with Crippen LogP contribution < -0.4 is 10.6 Å². The van der Waals surface area contributed by atoms with Crippen molar-refractivity contribution in [3.8, 4) is 0 Å². The standard InChI is InChI=1S/C15H20N2O2/c1-10(2)13(18)16-12-8-6-7-11(9-12)14(19)17-15(3,4)5/h6-9H,1H2,2-5H3,(H,16,18)(H,17,19). The van der Waals surface area contributed by atoms with E-state index in [1.807, 2.05) is 20.8 Å². The molecule has 0 aliphatic heterocycles. The van der Waals surface area contributed by atoms with Gasteiger partial charge in [0.25, 0.3) is 11.8 Å². The summed E-state index contributed by atoms with van der Waals surface area (Å²) in [5.41, 5.74) is 1.21. The number of anilines is 1. The summed E-state index contributed by atoms with van der Waals surface area (Å²) in [6.45, 7) is 10.9. The molecule has 1 aromatic carbocycles. The van der Waals surface area contributed by atoms with Crippen LogP contribution in [0.2, 0.25) is 0 Å². The fourth-order valence-electron chi connectivity index (χ4n) is 1.39.